The lowest BCUT2D eigenvalue weighted by Gasteiger charge is -2.38. The molecule has 0 unspecified atom stereocenters. The molecule has 0 bridgehead atoms. The number of hydrogen-bond donors (Lipinski definition) is 1. The van der Waals surface area contributed by atoms with Crippen LogP contribution in [0.2, 0.25) is 5.02 Å². The van der Waals surface area contributed by atoms with Crippen molar-refractivity contribution >= 4 is 23.1 Å². The molecule has 3 heteroatoms. The van der Waals surface area contributed by atoms with E-state index in [2.05, 4.69) is 23.5 Å². The van der Waals surface area contributed by atoms with Crippen molar-refractivity contribution in [1.82, 2.24) is 0 Å². The van der Waals surface area contributed by atoms with E-state index in [0.717, 1.165) is 28.3 Å². The SMILES string of the molecule is CC(=O)c1ccc2c(c1)[C@@H]1C=CC[C@@H]1[C@H](c1ccccc1Cl)N2. The lowest BCUT2D eigenvalue weighted by molar-refractivity contribution is 0.101. The monoisotopic (exact) mass is 323 g/mol. The quantitative estimate of drug-likeness (QED) is 0.594. The summed E-state index contributed by atoms with van der Waals surface area (Å²) in [6, 6.07) is 14.2. The largest absolute Gasteiger partial charge is 0.378 e. The third-order valence-electron chi connectivity index (χ3n) is 5.01. The van der Waals surface area contributed by atoms with Crippen LogP contribution in [0.4, 0.5) is 5.69 Å². The Bertz CT molecular complexity index is 811. The van der Waals surface area contributed by atoms with Crippen molar-refractivity contribution < 1.29 is 4.79 Å². The molecule has 1 aliphatic heterocycles. The number of allylic oxidation sites excluding steroid dienone is 2. The molecule has 2 aromatic rings. The molecule has 2 aliphatic rings. The van der Waals surface area contributed by atoms with E-state index in [-0.39, 0.29) is 11.8 Å². The van der Waals surface area contributed by atoms with Crippen molar-refractivity contribution in [2.45, 2.75) is 25.3 Å². The standard InChI is InChI=1S/C20H18ClNO/c1-12(23)13-9-10-19-17(11-13)14-6-4-7-15(14)20(22-19)16-5-2-3-8-18(16)21/h2-6,8-11,14-15,20,22H,7H2,1H3/t14-,15+,20-/m1/s1. The first-order valence-electron chi connectivity index (χ1n) is 7.97. The van der Waals surface area contributed by atoms with Crippen LogP contribution in [0.1, 0.15) is 46.8 Å². The summed E-state index contributed by atoms with van der Waals surface area (Å²) in [6.07, 6.45) is 5.55. The number of Topliss-reactive ketones (excluding diaryl/α,β-unsaturated/α-hetero) is 1. The van der Waals surface area contributed by atoms with E-state index in [4.69, 9.17) is 11.6 Å². The van der Waals surface area contributed by atoms with Crippen LogP contribution in [-0.2, 0) is 0 Å². The number of halogens is 1. The molecule has 1 heterocycles. The predicted octanol–water partition coefficient (Wildman–Crippen LogP) is 5.37. The molecule has 0 radical (unpaired) electrons. The van der Waals surface area contributed by atoms with Crippen molar-refractivity contribution in [3.05, 3.63) is 76.3 Å². The Hall–Kier alpha value is -2.06. The Balaban J connectivity index is 1.81. The normalized spacial score (nSPS) is 24.7. The van der Waals surface area contributed by atoms with Gasteiger partial charge in [-0.05, 0) is 54.7 Å². The number of carbonyl (C=O) groups is 1. The Morgan fingerprint density at radius 3 is 2.78 bits per heavy atom. The van der Waals surface area contributed by atoms with Crippen molar-refractivity contribution in [2.75, 3.05) is 5.32 Å². The number of ketones is 1. The van der Waals surface area contributed by atoms with Gasteiger partial charge in [-0.1, -0.05) is 42.0 Å². The molecule has 3 atom stereocenters. The fraction of sp³-hybridized carbons (Fsp3) is 0.250. The van der Waals surface area contributed by atoms with Gasteiger partial charge in [-0.2, -0.15) is 0 Å². The molecule has 0 aromatic heterocycles. The van der Waals surface area contributed by atoms with Gasteiger partial charge in [-0.15, -0.1) is 0 Å². The van der Waals surface area contributed by atoms with Gasteiger partial charge in [-0.25, -0.2) is 0 Å². The van der Waals surface area contributed by atoms with Gasteiger partial charge in [0.1, 0.15) is 0 Å². The summed E-state index contributed by atoms with van der Waals surface area (Å²) >= 11 is 6.44. The topological polar surface area (TPSA) is 29.1 Å². The fourth-order valence-electron chi connectivity index (χ4n) is 3.85. The van der Waals surface area contributed by atoms with Crippen LogP contribution in [0, 0.1) is 5.92 Å². The van der Waals surface area contributed by atoms with Crippen LogP contribution in [0.15, 0.2) is 54.6 Å². The molecule has 116 valence electrons. The molecule has 1 aliphatic carbocycles. The molecule has 0 saturated carbocycles. The summed E-state index contributed by atoms with van der Waals surface area (Å²) in [6.45, 7) is 1.62. The van der Waals surface area contributed by atoms with Crippen LogP contribution < -0.4 is 5.32 Å². The zero-order chi connectivity index (χ0) is 16.0. The van der Waals surface area contributed by atoms with E-state index in [1.807, 2.05) is 36.4 Å². The number of benzene rings is 2. The molecule has 0 saturated heterocycles. The van der Waals surface area contributed by atoms with Gasteiger partial charge in [0.15, 0.2) is 5.78 Å². The third-order valence-corrected chi connectivity index (χ3v) is 5.35. The molecule has 1 N–H and O–H groups in total. The zero-order valence-corrected chi connectivity index (χ0v) is 13.7. The molecule has 0 amide bonds. The summed E-state index contributed by atoms with van der Waals surface area (Å²) in [5, 5.41) is 4.46. The van der Waals surface area contributed by atoms with E-state index in [0.29, 0.717) is 11.8 Å². The zero-order valence-electron chi connectivity index (χ0n) is 12.9. The van der Waals surface area contributed by atoms with Gasteiger partial charge in [0.25, 0.3) is 0 Å². The van der Waals surface area contributed by atoms with Crippen molar-refractivity contribution in [3.63, 3.8) is 0 Å². The van der Waals surface area contributed by atoms with Crippen molar-refractivity contribution in [1.29, 1.82) is 0 Å². The number of fused-ring (bicyclic) bond motifs is 3. The maximum absolute atomic E-state index is 11.7. The van der Waals surface area contributed by atoms with Gasteiger partial charge in [0.05, 0.1) is 6.04 Å². The average Bonchev–Trinajstić information content (AvgIpc) is 3.04. The van der Waals surface area contributed by atoms with Crippen molar-refractivity contribution in [2.24, 2.45) is 5.92 Å². The third kappa shape index (κ3) is 2.38. The molecule has 4 rings (SSSR count). The highest BCUT2D eigenvalue weighted by Gasteiger charge is 2.38. The first kappa shape index (κ1) is 14.5. The van der Waals surface area contributed by atoms with Gasteiger partial charge in [0.2, 0.25) is 0 Å². The van der Waals surface area contributed by atoms with Crippen molar-refractivity contribution in [3.8, 4) is 0 Å². The number of rotatable bonds is 2. The summed E-state index contributed by atoms with van der Waals surface area (Å²) in [7, 11) is 0. The van der Waals surface area contributed by atoms with Crippen LogP contribution in [-0.4, -0.2) is 5.78 Å². The first-order valence-corrected chi connectivity index (χ1v) is 8.35. The van der Waals surface area contributed by atoms with Crippen LogP contribution in [0.25, 0.3) is 0 Å². The maximum Gasteiger partial charge on any atom is 0.159 e. The highest BCUT2D eigenvalue weighted by Crippen LogP contribution is 2.50. The minimum absolute atomic E-state index is 0.111. The summed E-state index contributed by atoms with van der Waals surface area (Å²) in [5.41, 5.74) is 4.25. The predicted molar refractivity (Wildman–Crippen MR) is 94.3 cm³/mol. The summed E-state index contributed by atoms with van der Waals surface area (Å²) < 4.78 is 0. The Kier molecular flexibility index (Phi) is 3.50. The minimum atomic E-state index is 0.111. The van der Waals surface area contributed by atoms with E-state index in [9.17, 15) is 4.79 Å². The molecule has 0 spiro atoms. The van der Waals surface area contributed by atoms with E-state index < -0.39 is 0 Å². The van der Waals surface area contributed by atoms with Crippen LogP contribution in [0.3, 0.4) is 0 Å². The second-order valence-electron chi connectivity index (χ2n) is 6.36. The fourth-order valence-corrected chi connectivity index (χ4v) is 4.10. The van der Waals surface area contributed by atoms with Crippen LogP contribution in [0.5, 0.6) is 0 Å². The Morgan fingerprint density at radius 1 is 1.17 bits per heavy atom. The molecule has 2 nitrogen and oxygen atoms in total. The van der Waals surface area contributed by atoms with E-state index in [1.54, 1.807) is 6.92 Å². The molecule has 2 aromatic carbocycles. The van der Waals surface area contributed by atoms with Crippen LogP contribution >= 0.6 is 11.6 Å². The Morgan fingerprint density at radius 2 is 2.00 bits per heavy atom. The smallest absolute Gasteiger partial charge is 0.159 e. The summed E-state index contributed by atoms with van der Waals surface area (Å²) in [4.78, 5) is 11.7. The lowest BCUT2D eigenvalue weighted by atomic mass is 9.76. The van der Waals surface area contributed by atoms with E-state index >= 15 is 0 Å². The Labute approximate surface area is 141 Å². The number of carbonyl (C=O) groups excluding carboxylic acids is 1. The maximum atomic E-state index is 11.7. The minimum Gasteiger partial charge on any atom is -0.378 e. The van der Waals surface area contributed by atoms with Gasteiger partial charge < -0.3 is 5.32 Å². The highest BCUT2D eigenvalue weighted by molar-refractivity contribution is 6.31. The van der Waals surface area contributed by atoms with E-state index in [1.165, 1.54) is 5.56 Å². The number of hydrogen-bond acceptors (Lipinski definition) is 2. The lowest BCUT2D eigenvalue weighted by Crippen LogP contribution is -2.29. The van der Waals surface area contributed by atoms with Gasteiger partial charge in [-0.3, -0.25) is 4.79 Å². The molecule has 23 heavy (non-hydrogen) atoms. The van der Waals surface area contributed by atoms with Gasteiger partial charge in [0, 0.05) is 22.2 Å². The average molecular weight is 324 g/mol. The highest BCUT2D eigenvalue weighted by atomic mass is 35.5. The van der Waals surface area contributed by atoms with Gasteiger partial charge >= 0.3 is 0 Å². The number of anilines is 1. The summed E-state index contributed by atoms with van der Waals surface area (Å²) in [5.74, 6) is 0.885. The molecular formula is C20H18ClNO. The second-order valence-corrected chi connectivity index (χ2v) is 6.76. The molecular weight excluding hydrogens is 306 g/mol. The second kappa shape index (κ2) is 5.54. The number of nitrogens with one attached hydrogen (secondary N) is 1. The molecule has 0 fully saturated rings. The first-order chi connectivity index (χ1) is 11.1.